The predicted molar refractivity (Wildman–Crippen MR) is 131 cm³/mol. The fourth-order valence-electron chi connectivity index (χ4n) is 4.40. The molecule has 178 valence electrons. The standard InChI is InChI=1S/C25H34N4O4/c1-5-6-20(16-26-2)27-24(30)19-9-7-18(8-10-19)17-29-23-15-21(33-14-13-32-4)11-12-22(23)28(3)25(29)31/h5-6,11-12,15-16,18-19H,2,7-10,13-14,17H2,1,3-4H3,(H,27,30)/b6-5-,20-16+. The van der Waals surface area contributed by atoms with E-state index in [4.69, 9.17) is 9.47 Å². The summed E-state index contributed by atoms with van der Waals surface area (Å²) in [7, 11) is 3.43. The van der Waals surface area contributed by atoms with Crippen LogP contribution in [0.3, 0.4) is 0 Å². The number of hydrogen-bond acceptors (Lipinski definition) is 5. The van der Waals surface area contributed by atoms with Crippen molar-refractivity contribution in [3.05, 3.63) is 52.7 Å². The summed E-state index contributed by atoms with van der Waals surface area (Å²) < 4.78 is 14.3. The van der Waals surface area contributed by atoms with Crippen molar-refractivity contribution in [2.75, 3.05) is 20.3 Å². The highest BCUT2D eigenvalue weighted by Crippen LogP contribution is 2.31. The zero-order valence-corrected chi connectivity index (χ0v) is 19.8. The van der Waals surface area contributed by atoms with Crippen LogP contribution in [0.15, 0.2) is 52.0 Å². The molecule has 0 aliphatic heterocycles. The lowest BCUT2D eigenvalue weighted by atomic mass is 9.81. The summed E-state index contributed by atoms with van der Waals surface area (Å²) in [5, 5.41) is 2.94. The van der Waals surface area contributed by atoms with Crippen molar-refractivity contribution in [3.63, 3.8) is 0 Å². The van der Waals surface area contributed by atoms with E-state index in [2.05, 4.69) is 17.0 Å². The fraction of sp³-hybridized carbons (Fsp3) is 0.480. The lowest BCUT2D eigenvalue weighted by Gasteiger charge is -2.28. The number of fused-ring (bicyclic) bond motifs is 1. The quantitative estimate of drug-likeness (QED) is 0.339. The van der Waals surface area contributed by atoms with Gasteiger partial charge in [0, 0.05) is 38.9 Å². The van der Waals surface area contributed by atoms with Gasteiger partial charge in [-0.25, -0.2) is 4.79 Å². The molecule has 1 aliphatic rings. The zero-order chi connectivity index (χ0) is 23.8. The number of amides is 1. The van der Waals surface area contributed by atoms with Gasteiger partial charge in [-0.2, -0.15) is 0 Å². The minimum Gasteiger partial charge on any atom is -0.491 e. The Morgan fingerprint density at radius 3 is 2.67 bits per heavy atom. The molecule has 3 rings (SSSR count). The lowest BCUT2D eigenvalue weighted by Crippen LogP contribution is -2.34. The van der Waals surface area contributed by atoms with Gasteiger partial charge in [0.05, 0.1) is 23.3 Å². The van der Waals surface area contributed by atoms with E-state index in [0.717, 1.165) is 42.5 Å². The molecule has 1 heterocycles. The third kappa shape index (κ3) is 6.01. The molecule has 1 N–H and O–H groups in total. The SMILES string of the molecule is C=N/C=C(\C=C/C)NC(=O)C1CCC(Cn2c(=O)n(C)c3ccc(OCCOC)cc32)CC1. The summed E-state index contributed by atoms with van der Waals surface area (Å²) in [5.41, 5.74) is 2.36. The Morgan fingerprint density at radius 1 is 1.24 bits per heavy atom. The Balaban J connectivity index is 1.66. The molecule has 2 aromatic rings. The molecule has 0 unspecified atom stereocenters. The van der Waals surface area contributed by atoms with Gasteiger partial charge in [-0.15, -0.1) is 0 Å². The highest BCUT2D eigenvalue weighted by atomic mass is 16.5. The van der Waals surface area contributed by atoms with Crippen molar-refractivity contribution in [2.24, 2.45) is 23.9 Å². The van der Waals surface area contributed by atoms with Crippen LogP contribution in [0.5, 0.6) is 5.75 Å². The number of imidazole rings is 1. The lowest BCUT2D eigenvalue weighted by molar-refractivity contribution is -0.125. The molecule has 0 radical (unpaired) electrons. The van der Waals surface area contributed by atoms with E-state index >= 15 is 0 Å². The van der Waals surface area contributed by atoms with E-state index in [1.807, 2.05) is 35.8 Å². The van der Waals surface area contributed by atoms with Gasteiger partial charge in [0.2, 0.25) is 5.91 Å². The number of allylic oxidation sites excluding steroid dienone is 2. The predicted octanol–water partition coefficient (Wildman–Crippen LogP) is 3.41. The minimum absolute atomic E-state index is 0.0154. The number of rotatable bonds is 10. The number of benzene rings is 1. The maximum absolute atomic E-state index is 12.9. The first-order valence-electron chi connectivity index (χ1n) is 11.4. The van der Waals surface area contributed by atoms with Crippen LogP contribution in [0.2, 0.25) is 0 Å². The van der Waals surface area contributed by atoms with Gasteiger partial charge in [0.15, 0.2) is 0 Å². The third-order valence-electron chi connectivity index (χ3n) is 6.18. The van der Waals surface area contributed by atoms with Gasteiger partial charge in [-0.1, -0.05) is 6.08 Å². The Labute approximate surface area is 194 Å². The number of ether oxygens (including phenoxy) is 2. The number of nitrogens with one attached hydrogen (secondary N) is 1. The average Bonchev–Trinajstić information content (AvgIpc) is 3.04. The molecule has 0 saturated heterocycles. The number of nitrogens with zero attached hydrogens (tertiary/aromatic N) is 3. The molecule has 1 amide bonds. The molecule has 1 fully saturated rings. The highest BCUT2D eigenvalue weighted by molar-refractivity contribution is 5.81. The topological polar surface area (TPSA) is 86.9 Å². The number of methoxy groups -OCH3 is 1. The van der Waals surface area contributed by atoms with Crippen molar-refractivity contribution in [1.29, 1.82) is 0 Å². The van der Waals surface area contributed by atoms with Gasteiger partial charge < -0.3 is 14.8 Å². The van der Waals surface area contributed by atoms with Crippen LogP contribution in [-0.2, 0) is 23.1 Å². The first kappa shape index (κ1) is 24.5. The Bertz CT molecular complexity index is 1090. The molecule has 1 aromatic heterocycles. The summed E-state index contributed by atoms with van der Waals surface area (Å²) in [5.74, 6) is 1.04. The van der Waals surface area contributed by atoms with Crippen molar-refractivity contribution in [2.45, 2.75) is 39.2 Å². The fourth-order valence-corrected chi connectivity index (χ4v) is 4.40. The molecule has 8 nitrogen and oxygen atoms in total. The Kier molecular flexibility index (Phi) is 8.65. The van der Waals surface area contributed by atoms with E-state index in [1.165, 1.54) is 0 Å². The van der Waals surface area contributed by atoms with E-state index in [1.54, 1.807) is 31.0 Å². The molecule has 0 atom stereocenters. The number of aliphatic imine (C=N–C) groups is 1. The van der Waals surface area contributed by atoms with E-state index < -0.39 is 0 Å². The molecule has 0 bridgehead atoms. The van der Waals surface area contributed by atoms with E-state index in [-0.39, 0.29) is 17.5 Å². The summed E-state index contributed by atoms with van der Waals surface area (Å²) in [4.78, 5) is 29.3. The second kappa shape index (κ2) is 11.7. The van der Waals surface area contributed by atoms with Crippen molar-refractivity contribution in [1.82, 2.24) is 14.5 Å². The van der Waals surface area contributed by atoms with Crippen LogP contribution >= 0.6 is 0 Å². The van der Waals surface area contributed by atoms with Crippen LogP contribution in [0.25, 0.3) is 11.0 Å². The number of aromatic nitrogens is 2. The van der Waals surface area contributed by atoms with Crippen molar-refractivity contribution < 1.29 is 14.3 Å². The number of aryl methyl sites for hydroxylation is 1. The second-order valence-electron chi connectivity index (χ2n) is 8.42. The number of hydrogen-bond donors (Lipinski definition) is 1. The van der Waals surface area contributed by atoms with Gasteiger partial charge >= 0.3 is 5.69 Å². The maximum atomic E-state index is 12.9. The molecule has 0 spiro atoms. The van der Waals surface area contributed by atoms with Crippen molar-refractivity contribution >= 4 is 23.7 Å². The summed E-state index contributed by atoms with van der Waals surface area (Å²) >= 11 is 0. The van der Waals surface area contributed by atoms with Gasteiger partial charge in [-0.3, -0.25) is 18.9 Å². The van der Waals surface area contributed by atoms with E-state index in [9.17, 15) is 9.59 Å². The van der Waals surface area contributed by atoms with Gasteiger partial charge in [0.1, 0.15) is 12.4 Å². The number of carbonyl (C=O) groups excluding carboxylic acids is 1. The van der Waals surface area contributed by atoms with Crippen LogP contribution in [0, 0.1) is 11.8 Å². The van der Waals surface area contributed by atoms with Crippen LogP contribution in [-0.4, -0.2) is 42.1 Å². The smallest absolute Gasteiger partial charge is 0.328 e. The summed E-state index contributed by atoms with van der Waals surface area (Å²) in [6.45, 7) is 6.94. The largest absolute Gasteiger partial charge is 0.491 e. The maximum Gasteiger partial charge on any atom is 0.328 e. The van der Waals surface area contributed by atoms with Gasteiger partial charge in [0.25, 0.3) is 0 Å². The summed E-state index contributed by atoms with van der Waals surface area (Å²) in [6.07, 6.45) is 8.59. The molecule has 1 saturated carbocycles. The molecule has 33 heavy (non-hydrogen) atoms. The average molecular weight is 455 g/mol. The monoisotopic (exact) mass is 454 g/mol. The Morgan fingerprint density at radius 2 is 2.00 bits per heavy atom. The zero-order valence-electron chi connectivity index (χ0n) is 19.8. The first-order valence-corrected chi connectivity index (χ1v) is 11.4. The molecular formula is C25H34N4O4. The Hall–Kier alpha value is -3.13. The normalized spacial score (nSPS) is 19.2. The first-order chi connectivity index (χ1) is 16.0. The molecule has 1 aromatic carbocycles. The highest BCUT2D eigenvalue weighted by Gasteiger charge is 2.27. The summed E-state index contributed by atoms with van der Waals surface area (Å²) in [6, 6.07) is 5.72. The van der Waals surface area contributed by atoms with E-state index in [0.29, 0.717) is 31.4 Å². The third-order valence-corrected chi connectivity index (χ3v) is 6.18. The molecule has 1 aliphatic carbocycles. The van der Waals surface area contributed by atoms with Crippen LogP contribution in [0.1, 0.15) is 32.6 Å². The number of carbonyl (C=O) groups is 1. The molecule has 8 heteroatoms. The van der Waals surface area contributed by atoms with Crippen molar-refractivity contribution in [3.8, 4) is 5.75 Å². The minimum atomic E-state index is -0.0373. The van der Waals surface area contributed by atoms with Crippen LogP contribution in [0.4, 0.5) is 0 Å². The molecular weight excluding hydrogens is 420 g/mol. The van der Waals surface area contributed by atoms with Gasteiger partial charge in [-0.05, 0) is 63.5 Å². The second-order valence-corrected chi connectivity index (χ2v) is 8.42. The van der Waals surface area contributed by atoms with Crippen LogP contribution < -0.4 is 15.7 Å².